The number of hydrogen-bond acceptors (Lipinski definition) is 5. The predicted molar refractivity (Wildman–Crippen MR) is 98.3 cm³/mol. The van der Waals surface area contributed by atoms with Gasteiger partial charge in [0.2, 0.25) is 18.2 Å². The van der Waals surface area contributed by atoms with E-state index in [4.69, 9.17) is 0 Å². The molecular formula is C20H25N3O4. The van der Waals surface area contributed by atoms with E-state index in [9.17, 15) is 19.5 Å². The summed E-state index contributed by atoms with van der Waals surface area (Å²) in [7, 11) is 0. The van der Waals surface area contributed by atoms with Gasteiger partial charge in [0, 0.05) is 24.5 Å². The fourth-order valence-electron chi connectivity index (χ4n) is 3.84. The molecule has 1 aliphatic carbocycles. The molecule has 1 aromatic heterocycles. The Balaban J connectivity index is 1.95. The Kier molecular flexibility index (Phi) is 5.41. The standard InChI is InChI=1S/C20H25N3O4/c1-3-22-17(25)20(2,15-9-5-4-6-10-15)18(26)23(19(22)27)13-16(24)14-8-7-11-21-12-14/h7-9,11-12,19,27H,3-6,10,13H2,1-2H3. The van der Waals surface area contributed by atoms with Gasteiger partial charge in [0.15, 0.2) is 5.78 Å². The van der Waals surface area contributed by atoms with E-state index in [1.807, 2.05) is 6.08 Å². The minimum Gasteiger partial charge on any atom is -0.356 e. The van der Waals surface area contributed by atoms with Crippen LogP contribution in [-0.4, -0.2) is 56.9 Å². The van der Waals surface area contributed by atoms with Crippen LogP contribution < -0.4 is 0 Å². The van der Waals surface area contributed by atoms with Gasteiger partial charge in [-0.2, -0.15) is 0 Å². The highest BCUT2D eigenvalue weighted by Crippen LogP contribution is 2.41. The summed E-state index contributed by atoms with van der Waals surface area (Å²) in [5.74, 6) is -1.25. The number of rotatable bonds is 5. The van der Waals surface area contributed by atoms with E-state index < -0.39 is 23.6 Å². The van der Waals surface area contributed by atoms with E-state index in [1.54, 1.807) is 32.2 Å². The minimum atomic E-state index is -1.45. The Hall–Kier alpha value is -2.54. The Morgan fingerprint density at radius 1 is 1.30 bits per heavy atom. The fraction of sp³-hybridized carbons (Fsp3) is 0.500. The van der Waals surface area contributed by atoms with Crippen LogP contribution in [0.2, 0.25) is 0 Å². The zero-order valence-electron chi connectivity index (χ0n) is 15.7. The first kappa shape index (κ1) is 19.2. The summed E-state index contributed by atoms with van der Waals surface area (Å²) in [4.78, 5) is 45.3. The SMILES string of the molecule is CCN1C(=O)C(C)(C2=CCCCC2)C(=O)N(CC(=O)c2cccnc2)C1O. The fourth-order valence-corrected chi connectivity index (χ4v) is 3.84. The first-order valence-corrected chi connectivity index (χ1v) is 9.34. The van der Waals surface area contributed by atoms with Crippen LogP contribution in [0.25, 0.3) is 0 Å². The molecule has 0 radical (unpaired) electrons. The van der Waals surface area contributed by atoms with Crippen molar-refractivity contribution in [3.8, 4) is 0 Å². The maximum Gasteiger partial charge on any atom is 0.246 e. The summed E-state index contributed by atoms with van der Waals surface area (Å²) < 4.78 is 0. The van der Waals surface area contributed by atoms with Crippen LogP contribution in [0, 0.1) is 5.41 Å². The first-order chi connectivity index (χ1) is 12.9. The maximum atomic E-state index is 13.3. The number of carbonyl (C=O) groups excluding carboxylic acids is 3. The normalized spacial score (nSPS) is 26.2. The quantitative estimate of drug-likeness (QED) is 0.484. The minimum absolute atomic E-state index is 0.244. The smallest absolute Gasteiger partial charge is 0.246 e. The Morgan fingerprint density at radius 2 is 2.04 bits per heavy atom. The van der Waals surface area contributed by atoms with Crippen LogP contribution >= 0.6 is 0 Å². The summed E-state index contributed by atoms with van der Waals surface area (Å²) in [6.07, 6.45) is 6.95. The van der Waals surface area contributed by atoms with E-state index in [-0.39, 0.29) is 18.9 Å². The third-order valence-corrected chi connectivity index (χ3v) is 5.51. The van der Waals surface area contributed by atoms with Crippen molar-refractivity contribution in [3.05, 3.63) is 41.7 Å². The molecule has 1 aliphatic heterocycles. The Bertz CT molecular complexity index is 777. The molecule has 1 aromatic rings. The monoisotopic (exact) mass is 371 g/mol. The van der Waals surface area contributed by atoms with Crippen LogP contribution in [0.4, 0.5) is 0 Å². The number of pyridine rings is 1. The molecule has 3 rings (SSSR count). The lowest BCUT2D eigenvalue weighted by Crippen LogP contribution is -2.68. The van der Waals surface area contributed by atoms with Crippen LogP contribution in [-0.2, 0) is 9.59 Å². The Labute approximate surface area is 158 Å². The van der Waals surface area contributed by atoms with Crippen molar-refractivity contribution in [1.82, 2.24) is 14.8 Å². The molecule has 0 saturated carbocycles. The second-order valence-corrected chi connectivity index (χ2v) is 7.14. The van der Waals surface area contributed by atoms with Gasteiger partial charge < -0.3 is 5.11 Å². The second kappa shape index (κ2) is 7.60. The maximum absolute atomic E-state index is 13.3. The Morgan fingerprint density at radius 3 is 2.63 bits per heavy atom. The molecule has 7 nitrogen and oxygen atoms in total. The molecule has 7 heteroatoms. The molecule has 144 valence electrons. The molecule has 0 aromatic carbocycles. The lowest BCUT2D eigenvalue weighted by molar-refractivity contribution is -0.193. The molecule has 2 atom stereocenters. The van der Waals surface area contributed by atoms with Crippen molar-refractivity contribution in [2.75, 3.05) is 13.1 Å². The number of ketones is 1. The number of amides is 2. The number of carbonyl (C=O) groups is 3. The number of Topliss-reactive ketones (excluding diaryl/α,β-unsaturated/α-hetero) is 1. The third-order valence-electron chi connectivity index (χ3n) is 5.51. The van der Waals surface area contributed by atoms with Crippen LogP contribution in [0.3, 0.4) is 0 Å². The molecule has 2 heterocycles. The molecule has 0 bridgehead atoms. The van der Waals surface area contributed by atoms with Crippen LogP contribution in [0.5, 0.6) is 0 Å². The van der Waals surface area contributed by atoms with Gasteiger partial charge in [-0.3, -0.25) is 29.2 Å². The van der Waals surface area contributed by atoms with E-state index >= 15 is 0 Å². The molecule has 1 saturated heterocycles. The van der Waals surface area contributed by atoms with E-state index in [0.717, 1.165) is 29.7 Å². The lowest BCUT2D eigenvalue weighted by Gasteiger charge is -2.48. The summed E-state index contributed by atoms with van der Waals surface area (Å²) in [5, 5.41) is 10.6. The van der Waals surface area contributed by atoms with Crippen LogP contribution in [0.1, 0.15) is 49.9 Å². The highest BCUT2D eigenvalue weighted by molar-refractivity contribution is 6.11. The molecule has 27 heavy (non-hydrogen) atoms. The van der Waals surface area contributed by atoms with Gasteiger partial charge >= 0.3 is 0 Å². The van der Waals surface area contributed by atoms with Gasteiger partial charge in [0.1, 0.15) is 5.41 Å². The van der Waals surface area contributed by atoms with Gasteiger partial charge in [0.05, 0.1) is 6.54 Å². The van der Waals surface area contributed by atoms with Crippen molar-refractivity contribution in [2.24, 2.45) is 5.41 Å². The van der Waals surface area contributed by atoms with Gasteiger partial charge in [0.25, 0.3) is 0 Å². The largest absolute Gasteiger partial charge is 0.356 e. The van der Waals surface area contributed by atoms with Crippen molar-refractivity contribution in [3.63, 3.8) is 0 Å². The third kappa shape index (κ3) is 3.27. The first-order valence-electron chi connectivity index (χ1n) is 9.34. The molecular weight excluding hydrogens is 346 g/mol. The summed E-state index contributed by atoms with van der Waals surface area (Å²) in [6, 6.07) is 3.25. The van der Waals surface area contributed by atoms with Crippen molar-refractivity contribution >= 4 is 17.6 Å². The van der Waals surface area contributed by atoms with E-state index in [2.05, 4.69) is 4.98 Å². The number of nitrogens with zero attached hydrogens (tertiary/aromatic N) is 3. The number of aromatic nitrogens is 1. The van der Waals surface area contributed by atoms with Gasteiger partial charge in [-0.25, -0.2) is 0 Å². The number of aliphatic hydroxyl groups is 1. The van der Waals surface area contributed by atoms with Gasteiger partial charge in [-0.1, -0.05) is 6.08 Å². The predicted octanol–water partition coefficient (Wildman–Crippen LogP) is 1.74. The molecule has 2 amide bonds. The van der Waals surface area contributed by atoms with Crippen molar-refractivity contribution in [2.45, 2.75) is 45.9 Å². The topological polar surface area (TPSA) is 90.8 Å². The van der Waals surface area contributed by atoms with E-state index in [0.29, 0.717) is 12.0 Å². The van der Waals surface area contributed by atoms with Gasteiger partial charge in [-0.05, 0) is 57.2 Å². The summed E-state index contributed by atoms with van der Waals surface area (Å²) in [6.45, 7) is 3.30. The van der Waals surface area contributed by atoms with E-state index in [1.165, 1.54) is 11.1 Å². The zero-order valence-corrected chi connectivity index (χ0v) is 15.7. The molecule has 0 spiro atoms. The van der Waals surface area contributed by atoms with Crippen LogP contribution in [0.15, 0.2) is 36.2 Å². The highest BCUT2D eigenvalue weighted by Gasteiger charge is 2.55. The number of allylic oxidation sites excluding steroid dienone is 1. The average Bonchev–Trinajstić information content (AvgIpc) is 2.71. The summed E-state index contributed by atoms with van der Waals surface area (Å²) >= 11 is 0. The molecule has 2 unspecified atom stereocenters. The lowest BCUT2D eigenvalue weighted by atomic mass is 9.73. The molecule has 1 fully saturated rings. The van der Waals surface area contributed by atoms with Gasteiger partial charge in [-0.15, -0.1) is 0 Å². The number of aliphatic hydroxyl groups excluding tert-OH is 1. The van der Waals surface area contributed by atoms with Crippen molar-refractivity contribution < 1.29 is 19.5 Å². The molecule has 1 N–H and O–H groups in total. The second-order valence-electron chi connectivity index (χ2n) is 7.14. The summed E-state index contributed by atoms with van der Waals surface area (Å²) in [5.41, 5.74) is -0.228. The number of hydrogen-bond donors (Lipinski definition) is 1. The zero-order chi connectivity index (χ0) is 19.6. The average molecular weight is 371 g/mol. The highest BCUT2D eigenvalue weighted by atomic mass is 16.3. The van der Waals surface area contributed by atoms with Crippen molar-refractivity contribution in [1.29, 1.82) is 0 Å². The molecule has 2 aliphatic rings.